The molecule has 2 rings (SSSR count). The van der Waals surface area contributed by atoms with Crippen molar-refractivity contribution in [3.8, 4) is 0 Å². The van der Waals surface area contributed by atoms with E-state index in [9.17, 15) is 9.59 Å². The number of rotatable bonds is 1. The molecule has 2 N–H and O–H groups in total. The summed E-state index contributed by atoms with van der Waals surface area (Å²) in [5.74, 6) is 0. The van der Waals surface area contributed by atoms with Crippen LogP contribution in [0.2, 0.25) is 0 Å². The molecule has 0 spiro atoms. The summed E-state index contributed by atoms with van der Waals surface area (Å²) in [6.45, 7) is 0. The lowest BCUT2D eigenvalue weighted by Gasteiger charge is -1.90. The van der Waals surface area contributed by atoms with Crippen molar-refractivity contribution in [2.45, 2.75) is 0 Å². The highest BCUT2D eigenvalue weighted by molar-refractivity contribution is 7.78. The van der Waals surface area contributed by atoms with E-state index >= 15 is 0 Å². The molecule has 0 aliphatic rings. The molecule has 8 heteroatoms. The third-order valence-electron chi connectivity index (χ3n) is 1.57. The zero-order chi connectivity index (χ0) is 10.1. The molecule has 2 aromatic rings. The molecule has 0 aromatic carbocycles. The van der Waals surface area contributed by atoms with E-state index in [1.54, 1.807) is 0 Å². The maximum absolute atomic E-state index is 11.2. The van der Waals surface area contributed by atoms with Crippen LogP contribution in [0.5, 0.6) is 0 Å². The summed E-state index contributed by atoms with van der Waals surface area (Å²) < 4.78 is 1.17. The number of hydrogen-bond acceptors (Lipinski definition) is 5. The standard InChI is InChI=1S/C6H3N5O2S/c12-5-3-4(9-6(13)10-5)11(1-7-3)8-2-14/h1H,(H2,9,10,12,13). The van der Waals surface area contributed by atoms with Gasteiger partial charge < -0.3 is 0 Å². The molecule has 0 atom stereocenters. The van der Waals surface area contributed by atoms with Gasteiger partial charge in [0.25, 0.3) is 5.56 Å². The van der Waals surface area contributed by atoms with Gasteiger partial charge in [-0.3, -0.25) is 14.8 Å². The van der Waals surface area contributed by atoms with Gasteiger partial charge in [0.1, 0.15) is 6.33 Å². The van der Waals surface area contributed by atoms with Gasteiger partial charge in [-0.25, -0.2) is 9.78 Å². The molecule has 0 bridgehead atoms. The van der Waals surface area contributed by atoms with Crippen molar-refractivity contribution in [1.29, 1.82) is 0 Å². The van der Waals surface area contributed by atoms with Crippen molar-refractivity contribution < 1.29 is 0 Å². The van der Waals surface area contributed by atoms with Crippen molar-refractivity contribution in [3.63, 3.8) is 0 Å². The molecule has 0 amide bonds. The van der Waals surface area contributed by atoms with Crippen LogP contribution in [0.3, 0.4) is 0 Å². The predicted molar refractivity (Wildman–Crippen MR) is 51.4 cm³/mol. The minimum Gasteiger partial charge on any atom is -0.290 e. The minimum atomic E-state index is -0.621. The second kappa shape index (κ2) is 3.02. The molecule has 0 saturated heterocycles. The van der Waals surface area contributed by atoms with E-state index in [1.807, 2.05) is 4.98 Å². The van der Waals surface area contributed by atoms with E-state index in [2.05, 4.69) is 32.4 Å². The second-order valence-electron chi connectivity index (χ2n) is 2.39. The van der Waals surface area contributed by atoms with Crippen LogP contribution in [0.1, 0.15) is 0 Å². The lowest BCUT2D eigenvalue weighted by molar-refractivity contribution is 0.894. The molecule has 70 valence electrons. The third kappa shape index (κ3) is 1.18. The van der Waals surface area contributed by atoms with Crippen molar-refractivity contribution in [1.82, 2.24) is 19.6 Å². The molecule has 14 heavy (non-hydrogen) atoms. The van der Waals surface area contributed by atoms with Crippen LogP contribution in [0.15, 0.2) is 21.0 Å². The van der Waals surface area contributed by atoms with Gasteiger partial charge in [0.2, 0.25) is 0 Å². The zero-order valence-corrected chi connectivity index (χ0v) is 7.46. The van der Waals surface area contributed by atoms with E-state index in [-0.39, 0.29) is 11.2 Å². The van der Waals surface area contributed by atoms with Gasteiger partial charge in [-0.2, -0.15) is 4.68 Å². The van der Waals surface area contributed by atoms with E-state index < -0.39 is 11.2 Å². The Balaban J connectivity index is 2.99. The number of imidazole rings is 1. The molecular formula is C6H3N5O2S. The molecule has 0 unspecified atom stereocenters. The summed E-state index contributed by atoms with van der Waals surface area (Å²) in [7, 11) is 0. The molecule has 0 aliphatic carbocycles. The monoisotopic (exact) mass is 209 g/mol. The van der Waals surface area contributed by atoms with Crippen LogP contribution in [-0.2, 0) is 0 Å². The highest BCUT2D eigenvalue weighted by atomic mass is 32.1. The predicted octanol–water partition coefficient (Wildman–Crippen LogP) is -0.721. The fourth-order valence-electron chi connectivity index (χ4n) is 1.04. The second-order valence-corrected chi connectivity index (χ2v) is 2.57. The fourth-order valence-corrected chi connectivity index (χ4v) is 1.13. The van der Waals surface area contributed by atoms with Gasteiger partial charge in [0.15, 0.2) is 11.2 Å². The molecule has 0 aliphatic heterocycles. The quantitative estimate of drug-likeness (QED) is 0.478. The number of nitrogens with zero attached hydrogens (tertiary/aromatic N) is 3. The van der Waals surface area contributed by atoms with Crippen LogP contribution < -0.4 is 11.2 Å². The average Bonchev–Trinajstić information content (AvgIpc) is 2.49. The van der Waals surface area contributed by atoms with Gasteiger partial charge in [0.05, 0.1) is 5.16 Å². The maximum atomic E-state index is 11.2. The molecular weight excluding hydrogens is 206 g/mol. The van der Waals surface area contributed by atoms with Crippen LogP contribution >= 0.6 is 12.2 Å². The molecule has 0 fully saturated rings. The highest BCUT2D eigenvalue weighted by Crippen LogP contribution is 2.00. The highest BCUT2D eigenvalue weighted by Gasteiger charge is 2.06. The number of H-pyrrole nitrogens is 2. The van der Waals surface area contributed by atoms with E-state index in [0.29, 0.717) is 0 Å². The lowest BCUT2D eigenvalue weighted by atomic mass is 10.5. The Hall–Kier alpha value is -2.05. The summed E-state index contributed by atoms with van der Waals surface area (Å²) in [5.41, 5.74) is -0.902. The molecule has 0 saturated carbocycles. The van der Waals surface area contributed by atoms with Crippen LogP contribution in [0.4, 0.5) is 0 Å². The lowest BCUT2D eigenvalue weighted by Crippen LogP contribution is -2.22. The minimum absolute atomic E-state index is 0.0959. The Bertz CT molecular complexity index is 644. The fraction of sp³-hybridized carbons (Fsp3) is 0. The van der Waals surface area contributed by atoms with Gasteiger partial charge in [-0.1, -0.05) is 0 Å². The Kier molecular flexibility index (Phi) is 1.84. The number of isothiocyanates is 1. The Morgan fingerprint density at radius 3 is 3.00 bits per heavy atom. The number of nitrogens with one attached hydrogen (secondary N) is 2. The number of aromatic amines is 2. The number of thiocarbonyl (C=S) groups is 1. The molecule has 0 radical (unpaired) electrons. The maximum Gasteiger partial charge on any atom is 0.327 e. The normalized spacial score (nSPS) is 10.0. The summed E-state index contributed by atoms with van der Waals surface area (Å²) in [6, 6.07) is 0. The van der Waals surface area contributed by atoms with Gasteiger partial charge >= 0.3 is 5.69 Å². The largest absolute Gasteiger partial charge is 0.327 e. The summed E-state index contributed by atoms with van der Waals surface area (Å²) in [6.07, 6.45) is 1.26. The van der Waals surface area contributed by atoms with E-state index in [0.717, 1.165) is 0 Å². The van der Waals surface area contributed by atoms with Crippen molar-refractivity contribution in [2.75, 3.05) is 0 Å². The Morgan fingerprint density at radius 1 is 1.50 bits per heavy atom. The summed E-state index contributed by atoms with van der Waals surface area (Å²) in [5, 5.41) is 5.67. The van der Waals surface area contributed by atoms with Gasteiger partial charge in [-0.15, -0.1) is 5.10 Å². The SMILES string of the molecule is O=c1[nH]c(=O)c2ncn(N=C=S)c2[nH]1. The van der Waals surface area contributed by atoms with Crippen molar-refractivity contribution >= 4 is 28.5 Å². The first kappa shape index (κ1) is 8.54. The van der Waals surface area contributed by atoms with Gasteiger partial charge in [-0.05, 0) is 12.2 Å². The van der Waals surface area contributed by atoms with E-state index in [4.69, 9.17) is 0 Å². The summed E-state index contributed by atoms with van der Waals surface area (Å²) >= 11 is 4.39. The number of hydrogen-bond donors (Lipinski definition) is 2. The van der Waals surface area contributed by atoms with E-state index in [1.165, 1.54) is 11.0 Å². The first-order chi connectivity index (χ1) is 6.72. The van der Waals surface area contributed by atoms with Crippen molar-refractivity contribution in [3.05, 3.63) is 27.2 Å². The smallest absolute Gasteiger partial charge is 0.290 e. The first-order valence-electron chi connectivity index (χ1n) is 3.50. The van der Waals surface area contributed by atoms with Gasteiger partial charge in [0, 0.05) is 0 Å². The Labute approximate surface area is 81.1 Å². The van der Waals surface area contributed by atoms with Crippen LogP contribution in [-0.4, -0.2) is 24.8 Å². The Morgan fingerprint density at radius 2 is 2.29 bits per heavy atom. The molecule has 2 heterocycles. The number of aromatic nitrogens is 4. The molecule has 7 nitrogen and oxygen atoms in total. The first-order valence-corrected chi connectivity index (χ1v) is 3.91. The third-order valence-corrected chi connectivity index (χ3v) is 1.65. The number of fused-ring (bicyclic) bond motifs is 1. The van der Waals surface area contributed by atoms with Crippen LogP contribution in [0, 0.1) is 0 Å². The van der Waals surface area contributed by atoms with Crippen molar-refractivity contribution in [2.24, 2.45) is 5.10 Å². The average molecular weight is 209 g/mol. The summed E-state index contributed by atoms with van der Waals surface area (Å²) in [4.78, 5) is 30.3. The molecule has 2 aromatic heterocycles. The zero-order valence-electron chi connectivity index (χ0n) is 6.64. The van der Waals surface area contributed by atoms with Crippen LogP contribution in [0.25, 0.3) is 11.2 Å². The topological polar surface area (TPSA) is 95.9 Å².